The van der Waals surface area contributed by atoms with Crippen LogP contribution in [-0.4, -0.2) is 15.7 Å². The summed E-state index contributed by atoms with van der Waals surface area (Å²) in [7, 11) is 1.84. The van der Waals surface area contributed by atoms with Crippen LogP contribution in [0.25, 0.3) is 6.08 Å². The fourth-order valence-electron chi connectivity index (χ4n) is 2.32. The molecule has 4 nitrogen and oxygen atoms in total. The Labute approximate surface area is 133 Å². The van der Waals surface area contributed by atoms with E-state index >= 15 is 0 Å². The number of amides is 1. The van der Waals surface area contributed by atoms with Gasteiger partial charge in [-0.25, -0.2) is 8.78 Å². The van der Waals surface area contributed by atoms with Gasteiger partial charge in [0, 0.05) is 24.4 Å². The van der Waals surface area contributed by atoms with E-state index < -0.39 is 17.7 Å². The number of benzene rings is 1. The molecule has 0 bridgehead atoms. The molecule has 0 spiro atoms. The van der Waals surface area contributed by atoms with E-state index in [4.69, 9.17) is 0 Å². The smallest absolute Gasteiger partial charge is 0.244 e. The molecule has 23 heavy (non-hydrogen) atoms. The third kappa shape index (κ3) is 3.83. The number of aromatic nitrogens is 2. The molecule has 1 N–H and O–H groups in total. The first-order valence-electron chi connectivity index (χ1n) is 7.23. The summed E-state index contributed by atoms with van der Waals surface area (Å²) in [5.41, 5.74) is 3.19. The third-order valence-electron chi connectivity index (χ3n) is 3.77. The van der Waals surface area contributed by atoms with Crippen LogP contribution in [0, 0.1) is 25.5 Å². The zero-order valence-corrected chi connectivity index (χ0v) is 13.5. The lowest BCUT2D eigenvalue weighted by Crippen LogP contribution is -2.24. The van der Waals surface area contributed by atoms with Crippen molar-refractivity contribution in [1.82, 2.24) is 15.1 Å². The fraction of sp³-hybridized carbons (Fsp3) is 0.294. The first-order valence-corrected chi connectivity index (χ1v) is 7.23. The number of nitrogens with zero attached hydrogens (tertiary/aromatic N) is 2. The van der Waals surface area contributed by atoms with Crippen LogP contribution in [0.4, 0.5) is 8.78 Å². The van der Waals surface area contributed by atoms with Gasteiger partial charge in [-0.1, -0.05) is 6.07 Å². The Bertz CT molecular complexity index is 765. The van der Waals surface area contributed by atoms with E-state index in [9.17, 15) is 13.6 Å². The average molecular weight is 319 g/mol. The lowest BCUT2D eigenvalue weighted by atomic mass is 10.1. The summed E-state index contributed by atoms with van der Waals surface area (Å²) in [6, 6.07) is 3.14. The number of carbonyl (C=O) groups is 1. The van der Waals surface area contributed by atoms with Gasteiger partial charge in [-0.2, -0.15) is 5.10 Å². The molecule has 6 heteroatoms. The Hall–Kier alpha value is -2.50. The van der Waals surface area contributed by atoms with Crippen LogP contribution in [0.3, 0.4) is 0 Å². The second-order valence-electron chi connectivity index (χ2n) is 5.45. The highest BCUT2D eigenvalue weighted by Gasteiger charge is 2.11. The van der Waals surface area contributed by atoms with Gasteiger partial charge in [-0.3, -0.25) is 9.48 Å². The Morgan fingerprint density at radius 1 is 1.30 bits per heavy atom. The summed E-state index contributed by atoms with van der Waals surface area (Å²) < 4.78 is 27.9. The number of hydrogen-bond donors (Lipinski definition) is 1. The zero-order chi connectivity index (χ0) is 17.1. The van der Waals surface area contributed by atoms with Crippen molar-refractivity contribution in [2.45, 2.75) is 26.8 Å². The van der Waals surface area contributed by atoms with Crippen molar-refractivity contribution in [2.75, 3.05) is 0 Å². The van der Waals surface area contributed by atoms with Crippen molar-refractivity contribution < 1.29 is 13.6 Å². The molecule has 0 aliphatic rings. The minimum absolute atomic E-state index is 0.315. The topological polar surface area (TPSA) is 46.9 Å². The third-order valence-corrected chi connectivity index (χ3v) is 3.77. The van der Waals surface area contributed by atoms with Crippen molar-refractivity contribution in [1.29, 1.82) is 0 Å². The summed E-state index contributed by atoms with van der Waals surface area (Å²) in [4.78, 5) is 12.0. The maximum Gasteiger partial charge on any atom is 0.244 e. The van der Waals surface area contributed by atoms with Crippen molar-refractivity contribution >= 4 is 12.0 Å². The Morgan fingerprint density at radius 2 is 2.00 bits per heavy atom. The lowest BCUT2D eigenvalue weighted by molar-refractivity contribution is -0.117. The van der Waals surface area contributed by atoms with Gasteiger partial charge >= 0.3 is 0 Å². The van der Waals surface area contributed by atoms with E-state index in [0.29, 0.717) is 5.56 Å². The van der Waals surface area contributed by atoms with Gasteiger partial charge in [-0.05, 0) is 44.5 Å². The van der Waals surface area contributed by atoms with Gasteiger partial charge in [0.2, 0.25) is 5.91 Å². The Balaban J connectivity index is 2.06. The van der Waals surface area contributed by atoms with Crippen molar-refractivity contribution in [3.05, 3.63) is 58.4 Å². The molecule has 122 valence electrons. The predicted molar refractivity (Wildman–Crippen MR) is 84.6 cm³/mol. The summed E-state index contributed by atoms with van der Waals surface area (Å²) in [5.74, 6) is -2.15. The Morgan fingerprint density at radius 3 is 2.57 bits per heavy atom. The molecule has 2 aromatic rings. The maximum absolute atomic E-state index is 13.2. The number of aryl methyl sites for hydroxylation is 2. The molecule has 1 amide bonds. The van der Waals surface area contributed by atoms with Gasteiger partial charge < -0.3 is 5.32 Å². The molecular weight excluding hydrogens is 300 g/mol. The van der Waals surface area contributed by atoms with E-state index in [-0.39, 0.29) is 5.91 Å². The molecule has 1 aromatic carbocycles. The fourth-order valence-corrected chi connectivity index (χ4v) is 2.32. The van der Waals surface area contributed by atoms with Crippen molar-refractivity contribution in [2.24, 2.45) is 7.05 Å². The number of hydrogen-bond acceptors (Lipinski definition) is 2. The van der Waals surface area contributed by atoms with E-state index in [0.717, 1.165) is 29.1 Å². The van der Waals surface area contributed by atoms with E-state index in [1.165, 1.54) is 12.1 Å². The largest absolute Gasteiger partial charge is 0.346 e. The van der Waals surface area contributed by atoms with Gasteiger partial charge in [0.15, 0.2) is 11.6 Å². The van der Waals surface area contributed by atoms with Crippen LogP contribution < -0.4 is 5.32 Å². The highest BCUT2D eigenvalue weighted by atomic mass is 19.2. The number of halogens is 2. The van der Waals surface area contributed by atoms with Crippen LogP contribution >= 0.6 is 0 Å². The molecular formula is C17H19F2N3O. The lowest BCUT2D eigenvalue weighted by Gasteiger charge is -2.13. The molecule has 1 unspecified atom stereocenters. The van der Waals surface area contributed by atoms with Gasteiger partial charge in [0.25, 0.3) is 0 Å². The summed E-state index contributed by atoms with van der Waals surface area (Å²) in [6.07, 6.45) is 3.11. The van der Waals surface area contributed by atoms with Crippen molar-refractivity contribution in [3.8, 4) is 0 Å². The van der Waals surface area contributed by atoms with E-state index in [1.54, 1.807) is 17.7 Å². The quantitative estimate of drug-likeness (QED) is 0.880. The molecule has 1 heterocycles. The molecule has 0 fully saturated rings. The zero-order valence-electron chi connectivity index (χ0n) is 13.5. The first-order chi connectivity index (χ1) is 10.8. The molecule has 0 saturated carbocycles. The van der Waals surface area contributed by atoms with E-state index in [2.05, 4.69) is 10.4 Å². The van der Waals surface area contributed by atoms with Gasteiger partial charge in [-0.15, -0.1) is 0 Å². The SMILES string of the molecule is Cc1nn(C)c(C)c1/C=C/C(=O)NC(C)c1ccc(F)c(F)c1. The monoisotopic (exact) mass is 319 g/mol. The molecule has 0 aliphatic heterocycles. The van der Waals surface area contributed by atoms with Crippen LogP contribution in [-0.2, 0) is 11.8 Å². The summed E-state index contributed by atoms with van der Waals surface area (Å²) in [5, 5.41) is 6.99. The molecule has 0 saturated heterocycles. The van der Waals surface area contributed by atoms with Crippen LogP contribution in [0.5, 0.6) is 0 Å². The molecule has 0 aliphatic carbocycles. The minimum Gasteiger partial charge on any atom is -0.346 e. The minimum atomic E-state index is -0.930. The van der Waals surface area contributed by atoms with Crippen molar-refractivity contribution in [3.63, 3.8) is 0 Å². The van der Waals surface area contributed by atoms with Gasteiger partial charge in [0.1, 0.15) is 0 Å². The second kappa shape index (κ2) is 6.73. The van der Waals surface area contributed by atoms with Crippen LogP contribution in [0.15, 0.2) is 24.3 Å². The number of carbonyl (C=O) groups excluding carboxylic acids is 1. The van der Waals surface area contributed by atoms with Crippen LogP contribution in [0.1, 0.15) is 35.5 Å². The molecule has 2 rings (SSSR count). The predicted octanol–water partition coefficient (Wildman–Crippen LogP) is 3.21. The number of rotatable bonds is 4. The highest BCUT2D eigenvalue weighted by Crippen LogP contribution is 2.16. The average Bonchev–Trinajstić information content (AvgIpc) is 2.73. The maximum atomic E-state index is 13.2. The second-order valence-corrected chi connectivity index (χ2v) is 5.45. The molecule has 1 aromatic heterocycles. The highest BCUT2D eigenvalue weighted by molar-refractivity contribution is 5.92. The number of nitrogens with one attached hydrogen (secondary N) is 1. The summed E-state index contributed by atoms with van der Waals surface area (Å²) in [6.45, 7) is 5.50. The molecule has 1 atom stereocenters. The normalized spacial score (nSPS) is 12.6. The van der Waals surface area contributed by atoms with Crippen LogP contribution in [0.2, 0.25) is 0 Å². The van der Waals surface area contributed by atoms with E-state index in [1.807, 2.05) is 20.9 Å². The first kappa shape index (κ1) is 16.9. The standard InChI is InChI=1S/C17H19F2N3O/c1-10(13-5-7-15(18)16(19)9-13)20-17(23)8-6-14-11(2)21-22(4)12(14)3/h5-10H,1-4H3,(H,20,23)/b8-6+. The summed E-state index contributed by atoms with van der Waals surface area (Å²) >= 11 is 0. The van der Waals surface area contributed by atoms with Gasteiger partial charge in [0.05, 0.1) is 11.7 Å². The Kier molecular flexibility index (Phi) is 4.93. The molecule has 0 radical (unpaired) electrons.